The molecule has 2 aromatic rings. The zero-order valence-electron chi connectivity index (χ0n) is 8.16. The van der Waals surface area contributed by atoms with Crippen LogP contribution in [0, 0.1) is 5.82 Å². The molecular weight excluding hydrogens is 179 g/mol. The Morgan fingerprint density at radius 2 is 1.86 bits per heavy atom. The molecule has 0 unspecified atom stereocenters. The van der Waals surface area contributed by atoms with Crippen molar-refractivity contribution in [2.24, 2.45) is 0 Å². The van der Waals surface area contributed by atoms with Crippen molar-refractivity contribution < 1.29 is 4.39 Å². The van der Waals surface area contributed by atoms with Gasteiger partial charge in [0, 0.05) is 18.5 Å². The summed E-state index contributed by atoms with van der Waals surface area (Å²) >= 11 is 0. The SMILES string of the molecule is CC(C)c1cc(F)cc2nccnc12. The minimum Gasteiger partial charge on any atom is -0.253 e. The highest BCUT2D eigenvalue weighted by atomic mass is 19.1. The van der Waals surface area contributed by atoms with E-state index in [0.717, 1.165) is 11.1 Å². The number of fused-ring (bicyclic) bond motifs is 1. The van der Waals surface area contributed by atoms with Crippen molar-refractivity contribution in [2.75, 3.05) is 0 Å². The molecule has 0 radical (unpaired) electrons. The van der Waals surface area contributed by atoms with Gasteiger partial charge >= 0.3 is 0 Å². The predicted molar refractivity (Wildman–Crippen MR) is 53.6 cm³/mol. The number of hydrogen-bond acceptors (Lipinski definition) is 2. The predicted octanol–water partition coefficient (Wildman–Crippen LogP) is 2.89. The van der Waals surface area contributed by atoms with Gasteiger partial charge in [-0.3, -0.25) is 9.97 Å². The number of halogens is 1. The van der Waals surface area contributed by atoms with Gasteiger partial charge in [-0.2, -0.15) is 0 Å². The molecule has 0 aliphatic carbocycles. The summed E-state index contributed by atoms with van der Waals surface area (Å²) in [5.74, 6) is 0.00611. The standard InChI is InChI=1S/C11H11FN2/c1-7(2)9-5-8(12)6-10-11(9)14-4-3-13-10/h3-7H,1-2H3. The van der Waals surface area contributed by atoms with E-state index in [4.69, 9.17) is 0 Å². The summed E-state index contributed by atoms with van der Waals surface area (Å²) in [6.45, 7) is 4.03. The highest BCUT2D eigenvalue weighted by Gasteiger charge is 2.08. The van der Waals surface area contributed by atoms with E-state index in [1.54, 1.807) is 12.4 Å². The Labute approximate surface area is 81.8 Å². The van der Waals surface area contributed by atoms with Crippen LogP contribution in [0.15, 0.2) is 24.5 Å². The maximum atomic E-state index is 13.2. The first-order valence-corrected chi connectivity index (χ1v) is 4.58. The number of nitrogens with zero attached hydrogens (tertiary/aromatic N) is 2. The van der Waals surface area contributed by atoms with Crippen LogP contribution >= 0.6 is 0 Å². The summed E-state index contributed by atoms with van der Waals surface area (Å²) in [5.41, 5.74) is 2.33. The lowest BCUT2D eigenvalue weighted by Crippen LogP contribution is -1.94. The zero-order valence-corrected chi connectivity index (χ0v) is 8.16. The summed E-state index contributed by atoms with van der Waals surface area (Å²) in [5, 5.41) is 0. The molecule has 3 heteroatoms. The second-order valence-corrected chi connectivity index (χ2v) is 3.57. The van der Waals surface area contributed by atoms with Crippen molar-refractivity contribution in [1.82, 2.24) is 9.97 Å². The van der Waals surface area contributed by atoms with Crippen molar-refractivity contribution in [2.45, 2.75) is 19.8 Å². The topological polar surface area (TPSA) is 25.8 Å². The molecule has 0 amide bonds. The molecule has 0 bridgehead atoms. The van der Waals surface area contributed by atoms with Gasteiger partial charge in [0.25, 0.3) is 0 Å². The van der Waals surface area contributed by atoms with Gasteiger partial charge < -0.3 is 0 Å². The Bertz CT molecular complexity index is 466. The molecular formula is C11H11FN2. The monoisotopic (exact) mass is 190 g/mol. The third-order valence-corrected chi connectivity index (χ3v) is 2.19. The average molecular weight is 190 g/mol. The molecule has 0 saturated carbocycles. The first-order chi connectivity index (χ1) is 6.68. The van der Waals surface area contributed by atoms with Crippen LogP contribution < -0.4 is 0 Å². The summed E-state index contributed by atoms with van der Waals surface area (Å²) in [6, 6.07) is 2.94. The second kappa shape index (κ2) is 3.33. The molecule has 1 aromatic heterocycles. The number of hydrogen-bond donors (Lipinski definition) is 0. The highest BCUT2D eigenvalue weighted by molar-refractivity contribution is 5.78. The highest BCUT2D eigenvalue weighted by Crippen LogP contribution is 2.23. The average Bonchev–Trinajstić information content (AvgIpc) is 2.16. The molecule has 2 rings (SSSR count). The van der Waals surface area contributed by atoms with Crippen LogP contribution in [0.5, 0.6) is 0 Å². The van der Waals surface area contributed by atoms with E-state index in [1.165, 1.54) is 12.1 Å². The summed E-state index contributed by atoms with van der Waals surface area (Å²) in [7, 11) is 0. The Balaban J connectivity index is 2.80. The second-order valence-electron chi connectivity index (χ2n) is 3.57. The molecule has 0 fully saturated rings. The van der Waals surface area contributed by atoms with E-state index >= 15 is 0 Å². The third kappa shape index (κ3) is 1.45. The molecule has 1 heterocycles. The maximum absolute atomic E-state index is 13.2. The zero-order chi connectivity index (χ0) is 10.1. The van der Waals surface area contributed by atoms with Gasteiger partial charge in [0.2, 0.25) is 0 Å². The van der Waals surface area contributed by atoms with E-state index < -0.39 is 0 Å². The van der Waals surface area contributed by atoms with Crippen LogP contribution in [0.1, 0.15) is 25.3 Å². The van der Waals surface area contributed by atoms with Crippen molar-refractivity contribution in [3.63, 3.8) is 0 Å². The van der Waals surface area contributed by atoms with Gasteiger partial charge in [0.15, 0.2) is 0 Å². The Hall–Kier alpha value is -1.51. The van der Waals surface area contributed by atoms with Crippen LogP contribution in [0.4, 0.5) is 4.39 Å². The Kier molecular flexibility index (Phi) is 2.15. The fraction of sp³-hybridized carbons (Fsp3) is 0.273. The van der Waals surface area contributed by atoms with Crippen LogP contribution in [0.3, 0.4) is 0 Å². The molecule has 0 aliphatic rings. The number of rotatable bonds is 1. The Morgan fingerprint density at radius 1 is 1.14 bits per heavy atom. The fourth-order valence-corrected chi connectivity index (χ4v) is 1.51. The maximum Gasteiger partial charge on any atom is 0.125 e. The van der Waals surface area contributed by atoms with E-state index in [0.29, 0.717) is 5.52 Å². The van der Waals surface area contributed by atoms with Crippen molar-refractivity contribution >= 4 is 11.0 Å². The molecule has 0 atom stereocenters. The number of benzene rings is 1. The number of aromatic nitrogens is 2. The molecule has 0 saturated heterocycles. The molecule has 0 spiro atoms. The van der Waals surface area contributed by atoms with E-state index in [-0.39, 0.29) is 11.7 Å². The van der Waals surface area contributed by atoms with Gasteiger partial charge in [-0.05, 0) is 17.5 Å². The van der Waals surface area contributed by atoms with Crippen molar-refractivity contribution in [3.05, 3.63) is 35.9 Å². The van der Waals surface area contributed by atoms with Crippen molar-refractivity contribution in [3.8, 4) is 0 Å². The molecule has 14 heavy (non-hydrogen) atoms. The molecule has 0 aliphatic heterocycles. The first-order valence-electron chi connectivity index (χ1n) is 4.58. The van der Waals surface area contributed by atoms with Gasteiger partial charge in [0.05, 0.1) is 11.0 Å². The smallest absolute Gasteiger partial charge is 0.125 e. The quantitative estimate of drug-likeness (QED) is 0.691. The van der Waals surface area contributed by atoms with Crippen LogP contribution in [-0.4, -0.2) is 9.97 Å². The molecule has 2 nitrogen and oxygen atoms in total. The molecule has 1 aromatic carbocycles. The van der Waals surface area contributed by atoms with Crippen LogP contribution in [0.2, 0.25) is 0 Å². The van der Waals surface area contributed by atoms with Crippen LogP contribution in [0.25, 0.3) is 11.0 Å². The van der Waals surface area contributed by atoms with Gasteiger partial charge in [0.1, 0.15) is 5.82 Å². The minimum atomic E-state index is -0.248. The Morgan fingerprint density at radius 3 is 2.57 bits per heavy atom. The lowest BCUT2D eigenvalue weighted by atomic mass is 10.0. The van der Waals surface area contributed by atoms with E-state index in [1.807, 2.05) is 13.8 Å². The van der Waals surface area contributed by atoms with Crippen LogP contribution in [-0.2, 0) is 0 Å². The van der Waals surface area contributed by atoms with Gasteiger partial charge in [-0.15, -0.1) is 0 Å². The van der Waals surface area contributed by atoms with E-state index in [9.17, 15) is 4.39 Å². The summed E-state index contributed by atoms with van der Waals surface area (Å²) in [6.07, 6.45) is 3.21. The van der Waals surface area contributed by atoms with E-state index in [2.05, 4.69) is 9.97 Å². The minimum absolute atomic E-state index is 0.248. The first kappa shape index (κ1) is 9.06. The lowest BCUT2D eigenvalue weighted by Gasteiger charge is -2.08. The fourth-order valence-electron chi connectivity index (χ4n) is 1.51. The van der Waals surface area contributed by atoms with Gasteiger partial charge in [-0.1, -0.05) is 13.8 Å². The normalized spacial score (nSPS) is 11.1. The lowest BCUT2D eigenvalue weighted by molar-refractivity contribution is 0.625. The third-order valence-electron chi connectivity index (χ3n) is 2.19. The summed E-state index contributed by atoms with van der Waals surface area (Å²) in [4.78, 5) is 8.30. The molecule has 0 N–H and O–H groups in total. The molecule has 72 valence electrons. The van der Waals surface area contributed by atoms with Gasteiger partial charge in [-0.25, -0.2) is 4.39 Å². The summed E-state index contributed by atoms with van der Waals surface area (Å²) < 4.78 is 13.2. The largest absolute Gasteiger partial charge is 0.253 e. The van der Waals surface area contributed by atoms with Crippen molar-refractivity contribution in [1.29, 1.82) is 0 Å².